The first-order valence-electron chi connectivity index (χ1n) is 7.24. The molecule has 0 aromatic heterocycles. The fourth-order valence-electron chi connectivity index (χ4n) is 2.22. The Kier molecular flexibility index (Phi) is 5.31. The van der Waals surface area contributed by atoms with Crippen LogP contribution in [0.15, 0.2) is 54.6 Å². The lowest BCUT2D eigenvalue weighted by Crippen LogP contribution is -2.18. The van der Waals surface area contributed by atoms with Crippen LogP contribution in [0.4, 0.5) is 5.69 Å². The van der Waals surface area contributed by atoms with Gasteiger partial charge >= 0.3 is 5.97 Å². The number of nitrogens with one attached hydrogen (secondary N) is 1. The van der Waals surface area contributed by atoms with Crippen LogP contribution in [0.25, 0.3) is 0 Å². The van der Waals surface area contributed by atoms with Gasteiger partial charge in [-0.15, -0.1) is 0 Å². The summed E-state index contributed by atoms with van der Waals surface area (Å²) in [5, 5.41) is 2.67. The number of carbonyl (C=O) groups excluding carboxylic acids is 2. The summed E-state index contributed by atoms with van der Waals surface area (Å²) in [5.74, 6) is -0.231. The van der Waals surface area contributed by atoms with Crippen molar-refractivity contribution in [2.45, 2.75) is 26.2 Å². The largest absolute Gasteiger partial charge is 0.426 e. The van der Waals surface area contributed by atoms with Gasteiger partial charge in [0.05, 0.1) is 5.92 Å². The number of amides is 1. The van der Waals surface area contributed by atoms with Crippen molar-refractivity contribution in [1.82, 2.24) is 0 Å². The molecule has 0 aliphatic rings. The van der Waals surface area contributed by atoms with Crippen molar-refractivity contribution >= 4 is 17.6 Å². The molecule has 0 radical (unpaired) electrons. The third-order valence-electron chi connectivity index (χ3n) is 3.29. The van der Waals surface area contributed by atoms with E-state index in [1.807, 2.05) is 37.3 Å². The van der Waals surface area contributed by atoms with E-state index in [-0.39, 0.29) is 17.8 Å². The average Bonchev–Trinajstić information content (AvgIpc) is 2.50. The number of benzene rings is 2. The van der Waals surface area contributed by atoms with Crippen LogP contribution in [0.5, 0.6) is 5.75 Å². The van der Waals surface area contributed by atoms with Crippen LogP contribution in [-0.2, 0) is 9.59 Å². The van der Waals surface area contributed by atoms with Gasteiger partial charge < -0.3 is 10.1 Å². The lowest BCUT2D eigenvalue weighted by atomic mass is 9.97. The molecule has 4 heteroatoms. The first kappa shape index (κ1) is 15.8. The molecule has 1 N–H and O–H groups in total. The Morgan fingerprint density at radius 3 is 2.23 bits per heavy atom. The predicted octanol–water partition coefficient (Wildman–Crippen LogP) is 3.74. The van der Waals surface area contributed by atoms with Crippen molar-refractivity contribution < 1.29 is 14.3 Å². The third kappa shape index (κ3) is 4.19. The second kappa shape index (κ2) is 7.41. The molecule has 0 saturated carbocycles. The van der Waals surface area contributed by atoms with Crippen molar-refractivity contribution in [2.75, 3.05) is 5.32 Å². The van der Waals surface area contributed by atoms with E-state index < -0.39 is 0 Å². The second-order valence-corrected chi connectivity index (χ2v) is 5.00. The Bertz CT molecular complexity index is 635. The van der Waals surface area contributed by atoms with Crippen LogP contribution in [0.1, 0.15) is 31.7 Å². The summed E-state index contributed by atoms with van der Waals surface area (Å²) in [4.78, 5) is 23.3. The van der Waals surface area contributed by atoms with Gasteiger partial charge in [-0.05, 0) is 36.2 Å². The van der Waals surface area contributed by atoms with Crippen molar-refractivity contribution in [1.29, 1.82) is 0 Å². The SMILES string of the molecule is CCC(C(=O)Oc1ccc(NC(C)=O)cc1)c1ccccc1. The van der Waals surface area contributed by atoms with Gasteiger partial charge in [0.25, 0.3) is 0 Å². The molecule has 2 rings (SSSR count). The van der Waals surface area contributed by atoms with Gasteiger partial charge in [0.1, 0.15) is 5.75 Å². The van der Waals surface area contributed by atoms with Crippen LogP contribution < -0.4 is 10.1 Å². The Hall–Kier alpha value is -2.62. The molecule has 0 heterocycles. The van der Waals surface area contributed by atoms with Crippen LogP contribution in [0.2, 0.25) is 0 Å². The van der Waals surface area contributed by atoms with Gasteiger partial charge in [-0.2, -0.15) is 0 Å². The quantitative estimate of drug-likeness (QED) is 0.675. The molecule has 1 atom stereocenters. The molecule has 1 amide bonds. The molecule has 22 heavy (non-hydrogen) atoms. The highest BCUT2D eigenvalue weighted by molar-refractivity contribution is 5.88. The molecule has 114 valence electrons. The lowest BCUT2D eigenvalue weighted by Gasteiger charge is -2.14. The molecule has 0 bridgehead atoms. The van der Waals surface area contributed by atoms with Gasteiger partial charge in [0, 0.05) is 12.6 Å². The van der Waals surface area contributed by atoms with Crippen molar-refractivity contribution in [3.63, 3.8) is 0 Å². The fourth-order valence-corrected chi connectivity index (χ4v) is 2.22. The van der Waals surface area contributed by atoms with E-state index in [9.17, 15) is 9.59 Å². The van der Waals surface area contributed by atoms with Crippen LogP contribution >= 0.6 is 0 Å². The molecule has 2 aromatic carbocycles. The summed E-state index contributed by atoms with van der Waals surface area (Å²) in [5.41, 5.74) is 1.62. The number of anilines is 1. The number of rotatable bonds is 5. The fraction of sp³-hybridized carbons (Fsp3) is 0.222. The van der Waals surface area contributed by atoms with E-state index in [0.717, 1.165) is 5.56 Å². The minimum absolute atomic E-state index is 0.139. The van der Waals surface area contributed by atoms with E-state index in [1.165, 1.54) is 6.92 Å². The van der Waals surface area contributed by atoms with E-state index in [0.29, 0.717) is 17.9 Å². The van der Waals surface area contributed by atoms with Crippen molar-refractivity contribution in [3.8, 4) is 5.75 Å². The van der Waals surface area contributed by atoms with Gasteiger partial charge in [0.15, 0.2) is 0 Å². The summed E-state index contributed by atoms with van der Waals surface area (Å²) in [6.45, 7) is 3.40. The topological polar surface area (TPSA) is 55.4 Å². The van der Waals surface area contributed by atoms with Gasteiger partial charge in [-0.1, -0.05) is 37.3 Å². The summed E-state index contributed by atoms with van der Waals surface area (Å²) < 4.78 is 5.43. The van der Waals surface area contributed by atoms with E-state index in [4.69, 9.17) is 4.74 Å². The molecular weight excluding hydrogens is 278 g/mol. The van der Waals surface area contributed by atoms with E-state index >= 15 is 0 Å². The number of ether oxygens (including phenoxy) is 1. The summed E-state index contributed by atoms with van der Waals surface area (Å²) in [6, 6.07) is 16.3. The average molecular weight is 297 g/mol. The Morgan fingerprint density at radius 2 is 1.68 bits per heavy atom. The molecule has 4 nitrogen and oxygen atoms in total. The number of hydrogen-bond donors (Lipinski definition) is 1. The zero-order valence-electron chi connectivity index (χ0n) is 12.7. The first-order valence-corrected chi connectivity index (χ1v) is 7.24. The molecule has 0 aliphatic heterocycles. The number of hydrogen-bond acceptors (Lipinski definition) is 3. The molecule has 0 aliphatic carbocycles. The normalized spacial score (nSPS) is 11.5. The third-order valence-corrected chi connectivity index (χ3v) is 3.29. The van der Waals surface area contributed by atoms with E-state index in [2.05, 4.69) is 5.32 Å². The maximum Gasteiger partial charge on any atom is 0.318 e. The maximum absolute atomic E-state index is 12.3. The first-order chi connectivity index (χ1) is 10.6. The highest BCUT2D eigenvalue weighted by atomic mass is 16.5. The number of esters is 1. The zero-order valence-corrected chi connectivity index (χ0v) is 12.7. The monoisotopic (exact) mass is 297 g/mol. The molecule has 0 saturated heterocycles. The minimum Gasteiger partial charge on any atom is -0.426 e. The molecule has 0 fully saturated rings. The lowest BCUT2D eigenvalue weighted by molar-refractivity contribution is -0.136. The molecule has 2 aromatic rings. The van der Waals surface area contributed by atoms with Gasteiger partial charge in [-0.25, -0.2) is 0 Å². The van der Waals surface area contributed by atoms with Crippen LogP contribution in [-0.4, -0.2) is 11.9 Å². The standard InChI is InChI=1S/C18H19NO3/c1-3-17(14-7-5-4-6-8-14)18(21)22-16-11-9-15(10-12-16)19-13(2)20/h4-12,17H,3H2,1-2H3,(H,19,20). The summed E-state index contributed by atoms with van der Waals surface area (Å²) in [7, 11) is 0. The van der Waals surface area contributed by atoms with E-state index in [1.54, 1.807) is 24.3 Å². The Morgan fingerprint density at radius 1 is 1.05 bits per heavy atom. The molecule has 0 spiro atoms. The van der Waals surface area contributed by atoms with Gasteiger partial charge in [0.2, 0.25) is 5.91 Å². The Balaban J connectivity index is 2.05. The minimum atomic E-state index is -0.281. The molecule has 1 unspecified atom stereocenters. The van der Waals surface area contributed by atoms with Crippen molar-refractivity contribution in [2.24, 2.45) is 0 Å². The molecular formula is C18H19NO3. The Labute approximate surface area is 130 Å². The highest BCUT2D eigenvalue weighted by Gasteiger charge is 2.20. The smallest absolute Gasteiger partial charge is 0.318 e. The van der Waals surface area contributed by atoms with Crippen molar-refractivity contribution in [3.05, 3.63) is 60.2 Å². The highest BCUT2D eigenvalue weighted by Crippen LogP contribution is 2.23. The zero-order chi connectivity index (χ0) is 15.9. The summed E-state index contributed by atoms with van der Waals surface area (Å²) in [6.07, 6.45) is 0.673. The second-order valence-electron chi connectivity index (χ2n) is 5.00. The maximum atomic E-state index is 12.3. The number of carbonyl (C=O) groups is 2. The van der Waals surface area contributed by atoms with Crippen LogP contribution in [0, 0.1) is 0 Å². The predicted molar refractivity (Wildman–Crippen MR) is 85.9 cm³/mol. The van der Waals surface area contributed by atoms with Gasteiger partial charge in [-0.3, -0.25) is 9.59 Å². The van der Waals surface area contributed by atoms with Crippen LogP contribution in [0.3, 0.4) is 0 Å². The summed E-state index contributed by atoms with van der Waals surface area (Å²) >= 11 is 0.